The predicted octanol–water partition coefficient (Wildman–Crippen LogP) is 2.64. The monoisotopic (exact) mass is 243 g/mol. The smallest absolute Gasteiger partial charge is 0.124 e. The first kappa shape index (κ1) is 11.8. The van der Waals surface area contributed by atoms with Gasteiger partial charge in [0.2, 0.25) is 0 Å². The van der Waals surface area contributed by atoms with Crippen LogP contribution >= 0.6 is 11.6 Å². The van der Waals surface area contributed by atoms with E-state index in [-0.39, 0.29) is 16.8 Å². The quantitative estimate of drug-likeness (QED) is 0.857. The standard InChI is InChI=1S/C12H15ClFNO/c13-10-6-8(14)4-5-9(10)11(15)12(16)7-2-1-3-7/h4-7,11-12,16H,1-3,15H2/t11-,12+/m0/s1. The van der Waals surface area contributed by atoms with Crippen LogP contribution in [0.25, 0.3) is 0 Å². The average Bonchev–Trinajstić information content (AvgIpc) is 2.14. The molecule has 0 heterocycles. The van der Waals surface area contributed by atoms with Crippen LogP contribution in [-0.2, 0) is 0 Å². The molecule has 1 aromatic rings. The highest BCUT2D eigenvalue weighted by Crippen LogP contribution is 2.35. The summed E-state index contributed by atoms with van der Waals surface area (Å²) in [7, 11) is 0. The topological polar surface area (TPSA) is 46.2 Å². The zero-order chi connectivity index (χ0) is 11.7. The average molecular weight is 244 g/mol. The van der Waals surface area contributed by atoms with Crippen LogP contribution in [0.3, 0.4) is 0 Å². The van der Waals surface area contributed by atoms with E-state index in [1.807, 2.05) is 0 Å². The summed E-state index contributed by atoms with van der Waals surface area (Å²) in [4.78, 5) is 0. The van der Waals surface area contributed by atoms with E-state index in [4.69, 9.17) is 17.3 Å². The molecule has 3 N–H and O–H groups in total. The first-order valence-corrected chi connectivity index (χ1v) is 5.86. The van der Waals surface area contributed by atoms with Gasteiger partial charge in [-0.1, -0.05) is 24.1 Å². The lowest BCUT2D eigenvalue weighted by Gasteiger charge is -2.34. The van der Waals surface area contributed by atoms with Crippen LogP contribution in [-0.4, -0.2) is 11.2 Å². The summed E-state index contributed by atoms with van der Waals surface area (Å²) in [5.74, 6) is -0.129. The van der Waals surface area contributed by atoms with E-state index < -0.39 is 12.1 Å². The van der Waals surface area contributed by atoms with E-state index in [1.165, 1.54) is 12.1 Å². The second kappa shape index (κ2) is 4.70. The number of benzene rings is 1. The minimum Gasteiger partial charge on any atom is -0.391 e. The van der Waals surface area contributed by atoms with Gasteiger partial charge in [0.05, 0.1) is 12.1 Å². The van der Waals surface area contributed by atoms with Crippen molar-refractivity contribution in [2.45, 2.75) is 31.4 Å². The molecule has 16 heavy (non-hydrogen) atoms. The van der Waals surface area contributed by atoms with Gasteiger partial charge >= 0.3 is 0 Å². The summed E-state index contributed by atoms with van der Waals surface area (Å²) in [5, 5.41) is 10.3. The highest BCUT2D eigenvalue weighted by molar-refractivity contribution is 6.31. The van der Waals surface area contributed by atoms with Crippen molar-refractivity contribution in [3.8, 4) is 0 Å². The van der Waals surface area contributed by atoms with E-state index in [0.717, 1.165) is 19.3 Å². The molecule has 1 aliphatic rings. The normalized spacial score (nSPS) is 20.2. The zero-order valence-corrected chi connectivity index (χ0v) is 9.62. The van der Waals surface area contributed by atoms with Crippen LogP contribution in [0.1, 0.15) is 30.9 Å². The number of hydrogen-bond donors (Lipinski definition) is 2. The molecular formula is C12H15ClFNO. The van der Waals surface area contributed by atoms with E-state index in [2.05, 4.69) is 0 Å². The predicted molar refractivity (Wildman–Crippen MR) is 61.7 cm³/mol. The number of halogens is 2. The molecule has 1 aromatic carbocycles. The number of aliphatic hydroxyl groups excluding tert-OH is 1. The molecule has 1 fully saturated rings. The summed E-state index contributed by atoms with van der Waals surface area (Å²) < 4.78 is 12.9. The van der Waals surface area contributed by atoms with E-state index in [9.17, 15) is 9.50 Å². The number of aliphatic hydroxyl groups is 1. The van der Waals surface area contributed by atoms with Crippen molar-refractivity contribution in [2.24, 2.45) is 11.7 Å². The number of nitrogens with two attached hydrogens (primary N) is 1. The van der Waals surface area contributed by atoms with Crippen molar-refractivity contribution in [1.29, 1.82) is 0 Å². The number of hydrogen-bond acceptors (Lipinski definition) is 2. The van der Waals surface area contributed by atoms with Gasteiger partial charge in [0.1, 0.15) is 5.82 Å². The zero-order valence-electron chi connectivity index (χ0n) is 8.87. The van der Waals surface area contributed by atoms with Crippen molar-refractivity contribution in [3.63, 3.8) is 0 Å². The van der Waals surface area contributed by atoms with Crippen LogP contribution < -0.4 is 5.73 Å². The molecule has 0 aliphatic heterocycles. The Morgan fingerprint density at radius 1 is 1.44 bits per heavy atom. The molecule has 0 spiro atoms. The van der Waals surface area contributed by atoms with E-state index in [1.54, 1.807) is 6.07 Å². The lowest BCUT2D eigenvalue weighted by atomic mass is 9.77. The molecule has 0 aromatic heterocycles. The minimum absolute atomic E-state index is 0.260. The Morgan fingerprint density at radius 2 is 2.12 bits per heavy atom. The highest BCUT2D eigenvalue weighted by Gasteiger charge is 2.31. The highest BCUT2D eigenvalue weighted by atomic mass is 35.5. The molecule has 0 unspecified atom stereocenters. The third-order valence-corrected chi connectivity index (χ3v) is 3.65. The van der Waals surface area contributed by atoms with Gasteiger partial charge in [0.15, 0.2) is 0 Å². The van der Waals surface area contributed by atoms with Crippen LogP contribution in [0, 0.1) is 11.7 Å². The molecule has 1 aliphatic carbocycles. The molecular weight excluding hydrogens is 229 g/mol. The molecule has 88 valence electrons. The second-order valence-electron chi connectivity index (χ2n) is 4.37. The number of rotatable bonds is 3. The minimum atomic E-state index is -0.586. The Kier molecular flexibility index (Phi) is 3.47. The Hall–Kier alpha value is -0.640. The van der Waals surface area contributed by atoms with Crippen LogP contribution in [0.5, 0.6) is 0 Å². The molecule has 2 rings (SSSR count). The Balaban J connectivity index is 2.15. The first-order valence-electron chi connectivity index (χ1n) is 5.48. The molecule has 2 atom stereocenters. The maximum absolute atomic E-state index is 12.9. The summed E-state index contributed by atoms with van der Waals surface area (Å²) >= 11 is 5.90. The summed E-state index contributed by atoms with van der Waals surface area (Å²) in [5.41, 5.74) is 6.56. The van der Waals surface area contributed by atoms with Crippen LogP contribution in [0.4, 0.5) is 4.39 Å². The summed E-state index contributed by atoms with van der Waals surface area (Å²) in [6.45, 7) is 0. The van der Waals surface area contributed by atoms with Crippen molar-refractivity contribution < 1.29 is 9.50 Å². The second-order valence-corrected chi connectivity index (χ2v) is 4.78. The summed E-state index contributed by atoms with van der Waals surface area (Å²) in [6, 6.07) is 3.56. The lowest BCUT2D eigenvalue weighted by molar-refractivity contribution is 0.0414. The third kappa shape index (κ3) is 2.21. The van der Waals surface area contributed by atoms with Gasteiger partial charge in [-0.25, -0.2) is 4.39 Å². The Bertz CT molecular complexity index is 381. The van der Waals surface area contributed by atoms with Crippen molar-refractivity contribution in [1.82, 2.24) is 0 Å². The van der Waals surface area contributed by atoms with Crippen LogP contribution in [0.15, 0.2) is 18.2 Å². The SMILES string of the molecule is N[C@@H](c1ccc(F)cc1Cl)[C@H](O)C1CCC1. The van der Waals surface area contributed by atoms with Gasteiger partial charge < -0.3 is 10.8 Å². The maximum atomic E-state index is 12.9. The van der Waals surface area contributed by atoms with Gasteiger partial charge in [-0.15, -0.1) is 0 Å². The molecule has 0 amide bonds. The fraction of sp³-hybridized carbons (Fsp3) is 0.500. The molecule has 0 radical (unpaired) electrons. The maximum Gasteiger partial charge on any atom is 0.124 e. The molecule has 2 nitrogen and oxygen atoms in total. The van der Waals surface area contributed by atoms with Gasteiger partial charge in [-0.05, 0) is 36.5 Å². The van der Waals surface area contributed by atoms with Crippen LogP contribution in [0.2, 0.25) is 5.02 Å². The van der Waals surface area contributed by atoms with Gasteiger partial charge in [-0.3, -0.25) is 0 Å². The fourth-order valence-corrected chi connectivity index (χ4v) is 2.32. The molecule has 1 saturated carbocycles. The Morgan fingerprint density at radius 3 is 2.62 bits per heavy atom. The van der Waals surface area contributed by atoms with E-state index in [0.29, 0.717) is 5.56 Å². The van der Waals surface area contributed by atoms with E-state index >= 15 is 0 Å². The van der Waals surface area contributed by atoms with Gasteiger partial charge in [-0.2, -0.15) is 0 Å². The lowest BCUT2D eigenvalue weighted by Crippen LogP contribution is -2.36. The Labute approximate surface area is 99.2 Å². The van der Waals surface area contributed by atoms with Gasteiger partial charge in [0.25, 0.3) is 0 Å². The van der Waals surface area contributed by atoms with Crippen molar-refractivity contribution in [2.75, 3.05) is 0 Å². The molecule has 4 heteroatoms. The molecule has 0 saturated heterocycles. The fourth-order valence-electron chi connectivity index (χ4n) is 2.03. The summed E-state index contributed by atoms with van der Waals surface area (Å²) in [6.07, 6.45) is 2.57. The largest absolute Gasteiger partial charge is 0.391 e. The van der Waals surface area contributed by atoms with Crippen molar-refractivity contribution in [3.05, 3.63) is 34.6 Å². The first-order chi connectivity index (χ1) is 7.59. The van der Waals surface area contributed by atoms with Crippen molar-refractivity contribution >= 4 is 11.6 Å². The third-order valence-electron chi connectivity index (χ3n) is 3.32. The molecule has 0 bridgehead atoms. The van der Waals surface area contributed by atoms with Gasteiger partial charge in [0, 0.05) is 5.02 Å².